The molecule has 2 N–H and O–H groups in total. The summed E-state index contributed by atoms with van der Waals surface area (Å²) < 4.78 is 1.52. The van der Waals surface area contributed by atoms with Crippen LogP contribution in [0.3, 0.4) is 0 Å². The molecule has 0 bridgehead atoms. The molecule has 4 amide bonds. The van der Waals surface area contributed by atoms with E-state index in [-0.39, 0.29) is 5.75 Å². The van der Waals surface area contributed by atoms with Crippen LogP contribution in [0.5, 0.6) is 0 Å². The van der Waals surface area contributed by atoms with Crippen LogP contribution in [-0.2, 0) is 16.0 Å². The molecule has 1 atom stereocenters. The highest BCUT2D eigenvalue weighted by Crippen LogP contribution is 2.23. The highest BCUT2D eigenvalue weighted by atomic mass is 32.2. The number of amides is 4. The third-order valence-corrected chi connectivity index (χ3v) is 6.23. The van der Waals surface area contributed by atoms with E-state index in [1.54, 1.807) is 6.92 Å². The van der Waals surface area contributed by atoms with Crippen LogP contribution < -0.4 is 10.7 Å². The Morgan fingerprint density at radius 3 is 2.58 bits per heavy atom. The summed E-state index contributed by atoms with van der Waals surface area (Å²) in [6.45, 7) is 3.64. The van der Waals surface area contributed by atoms with E-state index in [4.69, 9.17) is 0 Å². The molecule has 0 radical (unpaired) electrons. The second-order valence-corrected chi connectivity index (χ2v) is 8.86. The number of hydrazine groups is 1. The maximum Gasteiger partial charge on any atom is 0.344 e. The van der Waals surface area contributed by atoms with Gasteiger partial charge in [-0.2, -0.15) is 9.69 Å². The van der Waals surface area contributed by atoms with Crippen LogP contribution in [0.1, 0.15) is 24.5 Å². The van der Waals surface area contributed by atoms with Gasteiger partial charge in [0.1, 0.15) is 5.54 Å². The maximum absolute atomic E-state index is 12.9. The van der Waals surface area contributed by atoms with Gasteiger partial charge >= 0.3 is 6.03 Å². The number of carbonyl (C=O) groups is 3. The number of nitrogens with zero attached hydrogens (tertiary/aromatic N) is 5. The van der Waals surface area contributed by atoms with Crippen molar-refractivity contribution in [1.82, 2.24) is 36.0 Å². The molecule has 0 saturated carbocycles. The Morgan fingerprint density at radius 1 is 1.12 bits per heavy atom. The number of rotatable bonds is 8. The molecule has 10 nitrogen and oxygen atoms in total. The first-order valence-electron chi connectivity index (χ1n) is 10.3. The number of carbonyl (C=O) groups excluding carboxylic acids is 3. The third-order valence-electron chi connectivity index (χ3n) is 5.31. The van der Waals surface area contributed by atoms with Gasteiger partial charge < -0.3 is 5.32 Å². The Bertz CT molecular complexity index is 1170. The highest BCUT2D eigenvalue weighted by molar-refractivity contribution is 7.99. The average molecular weight is 466 g/mol. The Kier molecular flexibility index (Phi) is 6.40. The SMILES string of the molecule is Cc1ccc(-n2nnnc2SCC(=O)NN2C(=O)NC(C)(CCc3ccccc3)C2=O)cc1. The smallest absolute Gasteiger partial charge is 0.322 e. The van der Waals surface area contributed by atoms with Crippen molar-refractivity contribution in [1.29, 1.82) is 0 Å². The van der Waals surface area contributed by atoms with Gasteiger partial charge in [-0.05, 0) is 54.8 Å². The number of urea groups is 1. The summed E-state index contributed by atoms with van der Waals surface area (Å²) in [5, 5.41) is 15.4. The van der Waals surface area contributed by atoms with Crippen molar-refractivity contribution >= 4 is 29.6 Å². The number of hydrogen-bond acceptors (Lipinski definition) is 7. The zero-order valence-corrected chi connectivity index (χ0v) is 19.0. The van der Waals surface area contributed by atoms with Crippen LogP contribution in [0.4, 0.5) is 4.79 Å². The van der Waals surface area contributed by atoms with E-state index < -0.39 is 23.4 Å². The fraction of sp³-hybridized carbons (Fsp3) is 0.273. The minimum Gasteiger partial charge on any atom is -0.322 e. The highest BCUT2D eigenvalue weighted by Gasteiger charge is 2.48. The molecule has 11 heteroatoms. The molecule has 2 aromatic carbocycles. The van der Waals surface area contributed by atoms with Gasteiger partial charge in [-0.15, -0.1) is 5.10 Å². The van der Waals surface area contributed by atoms with Gasteiger partial charge in [0.2, 0.25) is 11.1 Å². The Balaban J connectivity index is 1.34. The molecule has 1 saturated heterocycles. The van der Waals surface area contributed by atoms with Crippen molar-refractivity contribution in [3.63, 3.8) is 0 Å². The number of benzene rings is 2. The van der Waals surface area contributed by atoms with Gasteiger partial charge in [0.15, 0.2) is 0 Å². The van der Waals surface area contributed by atoms with Gasteiger partial charge in [-0.3, -0.25) is 15.0 Å². The average Bonchev–Trinajstić information content (AvgIpc) is 3.36. The van der Waals surface area contributed by atoms with Crippen molar-refractivity contribution in [3.8, 4) is 5.69 Å². The van der Waals surface area contributed by atoms with Crippen LogP contribution in [-0.4, -0.2) is 54.4 Å². The first kappa shape index (κ1) is 22.5. The molecule has 1 aliphatic rings. The van der Waals surface area contributed by atoms with Crippen LogP contribution in [0.25, 0.3) is 5.69 Å². The summed E-state index contributed by atoms with van der Waals surface area (Å²) in [5.74, 6) is -1.09. The lowest BCUT2D eigenvalue weighted by molar-refractivity contribution is -0.138. The van der Waals surface area contributed by atoms with Crippen LogP contribution >= 0.6 is 11.8 Å². The lowest BCUT2D eigenvalue weighted by Gasteiger charge is -2.21. The Morgan fingerprint density at radius 2 is 1.85 bits per heavy atom. The summed E-state index contributed by atoms with van der Waals surface area (Å²) in [4.78, 5) is 37.7. The van der Waals surface area contributed by atoms with E-state index in [1.807, 2.05) is 61.5 Å². The molecule has 0 aliphatic carbocycles. The van der Waals surface area contributed by atoms with E-state index in [0.29, 0.717) is 18.0 Å². The first-order valence-corrected chi connectivity index (χ1v) is 11.3. The molecule has 170 valence electrons. The third kappa shape index (κ3) is 5.03. The van der Waals surface area contributed by atoms with Gasteiger partial charge in [-0.1, -0.05) is 59.8 Å². The second-order valence-electron chi connectivity index (χ2n) is 7.92. The van der Waals surface area contributed by atoms with E-state index in [9.17, 15) is 14.4 Å². The van der Waals surface area contributed by atoms with Gasteiger partial charge in [0, 0.05) is 0 Å². The lowest BCUT2D eigenvalue weighted by atomic mass is 9.93. The molecule has 1 aliphatic heterocycles. The first-order chi connectivity index (χ1) is 15.9. The normalized spacial score (nSPS) is 17.8. The molecular formula is C22H23N7O3S. The minimum absolute atomic E-state index is 0.0793. The van der Waals surface area contributed by atoms with E-state index in [1.165, 1.54) is 4.68 Å². The topological polar surface area (TPSA) is 122 Å². The van der Waals surface area contributed by atoms with Crippen molar-refractivity contribution in [2.45, 2.75) is 37.4 Å². The standard InChI is InChI=1S/C22H23N7O3S/c1-15-8-10-17(11-9-15)28-21(24-26-27-28)33-14-18(30)25-29-19(31)22(2,23-20(29)32)13-12-16-6-4-3-5-7-16/h3-11H,12-14H2,1-2H3,(H,23,32)(H,25,30). The second kappa shape index (κ2) is 9.41. The predicted molar refractivity (Wildman–Crippen MR) is 121 cm³/mol. The summed E-state index contributed by atoms with van der Waals surface area (Å²) >= 11 is 1.10. The largest absolute Gasteiger partial charge is 0.344 e. The van der Waals surface area contributed by atoms with E-state index in [0.717, 1.165) is 33.6 Å². The molecule has 1 aromatic heterocycles. The summed E-state index contributed by atoms with van der Waals surface area (Å²) in [6.07, 6.45) is 1.02. The molecular weight excluding hydrogens is 442 g/mol. The number of imide groups is 1. The summed E-state index contributed by atoms with van der Waals surface area (Å²) in [7, 11) is 0. The quantitative estimate of drug-likeness (QED) is 0.386. The number of thioether (sulfide) groups is 1. The minimum atomic E-state index is -1.09. The summed E-state index contributed by atoms with van der Waals surface area (Å²) in [5.41, 5.74) is 4.22. The van der Waals surface area contributed by atoms with Crippen molar-refractivity contribution < 1.29 is 14.4 Å². The zero-order chi connectivity index (χ0) is 23.4. The number of aromatic nitrogens is 4. The predicted octanol–water partition coefficient (Wildman–Crippen LogP) is 2.04. The maximum atomic E-state index is 12.9. The summed E-state index contributed by atoms with van der Waals surface area (Å²) in [6, 6.07) is 16.7. The molecule has 1 fully saturated rings. The van der Waals surface area contributed by atoms with Crippen molar-refractivity contribution in [2.24, 2.45) is 0 Å². The van der Waals surface area contributed by atoms with Gasteiger partial charge in [0.05, 0.1) is 11.4 Å². The number of nitrogens with one attached hydrogen (secondary N) is 2. The van der Waals surface area contributed by atoms with Crippen LogP contribution in [0.2, 0.25) is 0 Å². The van der Waals surface area contributed by atoms with Crippen molar-refractivity contribution in [2.75, 3.05) is 5.75 Å². The molecule has 1 unspecified atom stereocenters. The molecule has 3 aromatic rings. The fourth-order valence-corrected chi connectivity index (χ4v) is 4.08. The van der Waals surface area contributed by atoms with Crippen LogP contribution in [0, 0.1) is 6.92 Å². The number of hydrogen-bond donors (Lipinski definition) is 2. The Hall–Kier alpha value is -3.73. The monoisotopic (exact) mass is 465 g/mol. The molecule has 4 rings (SSSR count). The molecule has 33 heavy (non-hydrogen) atoms. The zero-order valence-electron chi connectivity index (χ0n) is 18.2. The number of tetrazole rings is 1. The lowest BCUT2D eigenvalue weighted by Crippen LogP contribution is -2.49. The molecule has 0 spiro atoms. The molecule has 2 heterocycles. The van der Waals surface area contributed by atoms with Gasteiger partial charge in [-0.25, -0.2) is 4.79 Å². The Labute approximate surface area is 194 Å². The van der Waals surface area contributed by atoms with Gasteiger partial charge in [0.25, 0.3) is 5.91 Å². The number of aryl methyl sites for hydroxylation is 2. The van der Waals surface area contributed by atoms with Crippen molar-refractivity contribution in [3.05, 3.63) is 65.7 Å². The fourth-order valence-electron chi connectivity index (χ4n) is 3.40. The van der Waals surface area contributed by atoms with Crippen LogP contribution in [0.15, 0.2) is 59.8 Å². The van der Waals surface area contributed by atoms with E-state index >= 15 is 0 Å². The van der Waals surface area contributed by atoms with E-state index in [2.05, 4.69) is 26.3 Å².